The molecule has 0 saturated carbocycles. The normalized spacial score (nSPS) is 14.6. The van der Waals surface area contributed by atoms with Crippen LogP contribution in [-0.4, -0.2) is 69.1 Å². The van der Waals surface area contributed by atoms with Gasteiger partial charge in [-0.05, 0) is 59.7 Å². The molecule has 1 fully saturated rings. The van der Waals surface area contributed by atoms with Crippen molar-refractivity contribution in [3.05, 3.63) is 216 Å². The molecule has 3 amide bonds. The molecule has 0 radical (unpaired) electrons. The Kier molecular flexibility index (Phi) is 14.6. The fourth-order valence-corrected chi connectivity index (χ4v) is 9.88. The lowest BCUT2D eigenvalue weighted by Crippen LogP contribution is -2.57. The summed E-state index contributed by atoms with van der Waals surface area (Å²) in [6.07, 6.45) is -0.152. The van der Waals surface area contributed by atoms with E-state index in [0.29, 0.717) is 11.3 Å². The number of nitrogens with one attached hydrogen (secondary N) is 2. The van der Waals surface area contributed by atoms with Crippen molar-refractivity contribution in [2.45, 2.75) is 57.1 Å². The van der Waals surface area contributed by atoms with Crippen molar-refractivity contribution in [3.8, 4) is 0 Å². The Morgan fingerprint density at radius 3 is 1.76 bits per heavy atom. The Morgan fingerprint density at radius 1 is 0.672 bits per heavy atom. The number of hydrogen-bond donors (Lipinski definition) is 2. The van der Waals surface area contributed by atoms with Gasteiger partial charge in [-0.1, -0.05) is 170 Å². The zero-order valence-electron chi connectivity index (χ0n) is 37.3. The summed E-state index contributed by atoms with van der Waals surface area (Å²) in [7, 11) is 0. The summed E-state index contributed by atoms with van der Waals surface area (Å²) in [6, 6.07) is 56.0. The minimum atomic E-state index is -1.41. The summed E-state index contributed by atoms with van der Waals surface area (Å²) in [6.45, 7) is 3.24. The molecular formula is C55H52N4O7S. The van der Waals surface area contributed by atoms with Gasteiger partial charge in [-0.15, -0.1) is 11.8 Å². The van der Waals surface area contributed by atoms with Crippen LogP contribution in [0.3, 0.4) is 0 Å². The molecule has 3 atom stereocenters. The highest BCUT2D eigenvalue weighted by Crippen LogP contribution is 2.44. The maximum atomic E-state index is 15.1. The van der Waals surface area contributed by atoms with E-state index in [1.807, 2.05) is 109 Å². The quantitative estimate of drug-likeness (QED) is 0.0401. The van der Waals surface area contributed by atoms with E-state index in [1.165, 1.54) is 16.7 Å². The van der Waals surface area contributed by atoms with Crippen LogP contribution in [0.15, 0.2) is 182 Å². The number of aromatic nitrogens is 1. The van der Waals surface area contributed by atoms with E-state index in [9.17, 15) is 19.2 Å². The molecule has 0 spiro atoms. The second-order valence-electron chi connectivity index (χ2n) is 16.7. The molecule has 0 bridgehead atoms. The summed E-state index contributed by atoms with van der Waals surface area (Å²) in [5.41, 5.74) is 5.32. The number of para-hydroxylation sites is 1. The number of nitrogens with zero attached hydrogens (tertiary/aromatic N) is 2. The van der Waals surface area contributed by atoms with Gasteiger partial charge in [0.25, 0.3) is 5.78 Å². The zero-order valence-corrected chi connectivity index (χ0v) is 38.1. The van der Waals surface area contributed by atoms with Gasteiger partial charge in [-0.2, -0.15) is 0 Å². The molecule has 7 aromatic rings. The summed E-state index contributed by atoms with van der Waals surface area (Å²) in [5, 5.41) is 6.69. The van der Waals surface area contributed by atoms with Gasteiger partial charge in [-0.25, -0.2) is 9.59 Å². The molecular weight excluding hydrogens is 861 g/mol. The second kappa shape index (κ2) is 21.2. The van der Waals surface area contributed by atoms with Crippen LogP contribution >= 0.6 is 11.8 Å². The molecule has 67 heavy (non-hydrogen) atoms. The minimum Gasteiger partial charge on any atom is -0.457 e. The van der Waals surface area contributed by atoms with Gasteiger partial charge < -0.3 is 29.6 Å². The van der Waals surface area contributed by atoms with Crippen LogP contribution in [0, 0.1) is 5.92 Å². The van der Waals surface area contributed by atoms with Gasteiger partial charge in [0.1, 0.15) is 30.3 Å². The first kappa shape index (κ1) is 46.1. The highest BCUT2D eigenvalue weighted by molar-refractivity contribution is 7.99. The van der Waals surface area contributed by atoms with Crippen molar-refractivity contribution in [2.24, 2.45) is 5.92 Å². The lowest BCUT2D eigenvalue weighted by Gasteiger charge is -2.38. The van der Waals surface area contributed by atoms with E-state index < -0.39 is 59.4 Å². The highest BCUT2D eigenvalue weighted by Gasteiger charge is 2.42. The molecule has 6 aromatic carbocycles. The Bertz CT molecular complexity index is 2710. The number of carbonyl (C=O) groups is 5. The van der Waals surface area contributed by atoms with Crippen molar-refractivity contribution < 1.29 is 33.4 Å². The van der Waals surface area contributed by atoms with Gasteiger partial charge in [0.2, 0.25) is 11.8 Å². The first-order valence-electron chi connectivity index (χ1n) is 22.3. The number of amides is 3. The zero-order chi connectivity index (χ0) is 46.8. The van der Waals surface area contributed by atoms with Gasteiger partial charge in [-0.3, -0.25) is 14.4 Å². The number of Topliss-reactive ketones (excluding diaryl/α,β-unsaturated/α-hetero) is 1. The molecule has 0 unspecified atom stereocenters. The minimum absolute atomic E-state index is 0.0189. The number of thioether (sulfide) groups is 1. The third kappa shape index (κ3) is 10.3. The summed E-state index contributed by atoms with van der Waals surface area (Å²) in [4.78, 5) is 71.1. The maximum absolute atomic E-state index is 15.1. The largest absolute Gasteiger partial charge is 0.457 e. The van der Waals surface area contributed by atoms with E-state index in [-0.39, 0.29) is 25.3 Å². The molecule has 11 nitrogen and oxygen atoms in total. The topological polar surface area (TPSA) is 136 Å². The average Bonchev–Trinajstić information content (AvgIpc) is 3.98. The summed E-state index contributed by atoms with van der Waals surface area (Å²) >= 11 is 1.42. The van der Waals surface area contributed by atoms with E-state index in [0.717, 1.165) is 38.7 Å². The van der Waals surface area contributed by atoms with Crippen molar-refractivity contribution in [1.29, 1.82) is 0 Å². The van der Waals surface area contributed by atoms with Crippen LogP contribution in [0.1, 0.15) is 47.2 Å². The van der Waals surface area contributed by atoms with E-state index >= 15 is 4.79 Å². The van der Waals surface area contributed by atoms with Crippen LogP contribution in [0.2, 0.25) is 0 Å². The molecule has 2 N–H and O–H groups in total. The first-order chi connectivity index (χ1) is 32.6. The van der Waals surface area contributed by atoms with Gasteiger partial charge in [0.15, 0.2) is 0 Å². The average molecular weight is 913 g/mol. The number of hydrogen-bond acceptors (Lipinski definition) is 8. The number of esters is 1. The Hall–Kier alpha value is -7.44. The number of benzene rings is 6. The molecule has 2 heterocycles. The molecule has 12 heteroatoms. The lowest BCUT2D eigenvalue weighted by atomic mass is 9.76. The third-order valence-corrected chi connectivity index (χ3v) is 12.9. The second-order valence-corrected chi connectivity index (χ2v) is 17.7. The summed E-state index contributed by atoms with van der Waals surface area (Å²) in [5.74, 6) is -4.18. The van der Waals surface area contributed by atoms with Crippen LogP contribution in [0.5, 0.6) is 0 Å². The molecule has 340 valence electrons. The number of ether oxygens (including phenoxy) is 2. The van der Waals surface area contributed by atoms with Crippen LogP contribution < -0.4 is 10.6 Å². The smallest absolute Gasteiger partial charge is 0.408 e. The van der Waals surface area contributed by atoms with Crippen molar-refractivity contribution in [2.75, 3.05) is 11.6 Å². The fourth-order valence-electron chi connectivity index (χ4n) is 8.79. The Morgan fingerprint density at radius 2 is 1.19 bits per heavy atom. The monoisotopic (exact) mass is 912 g/mol. The van der Waals surface area contributed by atoms with E-state index in [2.05, 4.69) is 63.9 Å². The van der Waals surface area contributed by atoms with Crippen LogP contribution in [0.4, 0.5) is 4.79 Å². The van der Waals surface area contributed by atoms with Crippen molar-refractivity contribution in [1.82, 2.24) is 20.1 Å². The van der Waals surface area contributed by atoms with Crippen molar-refractivity contribution >= 4 is 52.3 Å². The maximum Gasteiger partial charge on any atom is 0.408 e. The van der Waals surface area contributed by atoms with Crippen molar-refractivity contribution in [3.63, 3.8) is 0 Å². The molecule has 0 aliphatic carbocycles. The SMILES string of the molecule is CC(C)OC(=O)C(=O)[C@H](Cc1ccccc1)C(=O)N[C@H]1CSCN1C(=O)[C@H](Cc1cn(C(c2ccccc2)(c2ccccc2)c2ccccc2)c2ccccc12)NC(=O)OCc1ccccc1. The molecule has 8 rings (SSSR count). The molecule has 1 aromatic heterocycles. The van der Waals surface area contributed by atoms with Crippen LogP contribution in [-0.2, 0) is 53.6 Å². The molecule has 1 aliphatic rings. The lowest BCUT2D eigenvalue weighted by molar-refractivity contribution is -0.160. The van der Waals surface area contributed by atoms with E-state index in [4.69, 9.17) is 9.47 Å². The van der Waals surface area contributed by atoms with Gasteiger partial charge >= 0.3 is 12.1 Å². The number of rotatable bonds is 17. The number of fused-ring (bicyclic) bond motifs is 1. The summed E-state index contributed by atoms with van der Waals surface area (Å²) < 4.78 is 13.2. The van der Waals surface area contributed by atoms with Crippen LogP contribution in [0.25, 0.3) is 10.9 Å². The van der Waals surface area contributed by atoms with E-state index in [1.54, 1.807) is 38.1 Å². The highest BCUT2D eigenvalue weighted by atomic mass is 32.2. The number of ketones is 1. The Labute approximate surface area is 394 Å². The molecule has 1 aliphatic heterocycles. The fraction of sp³-hybridized carbons (Fsp3) is 0.218. The Balaban J connectivity index is 1.17. The predicted octanol–water partition coefficient (Wildman–Crippen LogP) is 8.67. The number of carbonyl (C=O) groups excluding carboxylic acids is 5. The third-order valence-electron chi connectivity index (χ3n) is 11.9. The van der Waals surface area contributed by atoms with Gasteiger partial charge in [0, 0.05) is 29.3 Å². The number of alkyl carbamates (subject to hydrolysis) is 1. The molecule has 1 saturated heterocycles. The van der Waals surface area contributed by atoms with Gasteiger partial charge in [0.05, 0.1) is 12.0 Å². The first-order valence-corrected chi connectivity index (χ1v) is 23.5. The predicted molar refractivity (Wildman–Crippen MR) is 260 cm³/mol. The standard InChI is InChI=1S/C55H52N4O7S/c1-38(2)66-53(63)50(60)46(32-39-20-8-3-9-21-39)51(61)57-49-36-67-37-58(49)52(62)47(56-54(64)65-35-40-22-10-4-11-23-40)33-41-34-59(48-31-19-18-30-45(41)48)55(42-24-12-5-13-25-42,43-26-14-6-15-27-43)44-28-16-7-17-29-44/h3-31,34,38,46-47,49H,32-33,35-37H2,1-2H3,(H,56,64)(H,57,61)/t46-,47-,49+/m0/s1.